The van der Waals surface area contributed by atoms with Gasteiger partial charge in [-0.25, -0.2) is 0 Å². The van der Waals surface area contributed by atoms with E-state index in [-0.39, 0.29) is 12.2 Å². The molecule has 0 fully saturated rings. The van der Waals surface area contributed by atoms with E-state index in [1.54, 1.807) is 24.3 Å². The van der Waals surface area contributed by atoms with E-state index in [4.69, 9.17) is 32.4 Å². The van der Waals surface area contributed by atoms with Gasteiger partial charge >= 0.3 is 0 Å². The molecule has 32 heavy (non-hydrogen) atoms. The molecule has 0 heterocycles. The minimum absolute atomic E-state index is 0.311. The molecule has 0 aliphatic carbocycles. The highest BCUT2D eigenvalue weighted by Crippen LogP contribution is 2.22. The molecule has 0 bridgehead atoms. The highest BCUT2D eigenvalue weighted by Gasteiger charge is 2.23. The molecule has 0 aliphatic rings. The fraction of sp³-hybridized carbons (Fsp3) is 0.364. The molecule has 2 aromatic rings. The molecular formula is C22H32N6O4. The van der Waals surface area contributed by atoms with Gasteiger partial charge in [-0.3, -0.25) is 9.59 Å². The predicted molar refractivity (Wildman–Crippen MR) is 127 cm³/mol. The lowest BCUT2D eigenvalue weighted by atomic mass is 10.1. The van der Waals surface area contributed by atoms with Crippen molar-refractivity contribution in [2.75, 3.05) is 48.4 Å². The van der Waals surface area contributed by atoms with Gasteiger partial charge in [0.25, 0.3) is 0 Å². The highest BCUT2D eigenvalue weighted by molar-refractivity contribution is 5.95. The summed E-state index contributed by atoms with van der Waals surface area (Å²) in [5.74, 6) is -1.08. The number of nitrogen functional groups attached to an aromatic ring is 2. The number of nitrogens with one attached hydrogen (secondary N) is 2. The second-order valence-corrected chi connectivity index (χ2v) is 7.08. The van der Waals surface area contributed by atoms with Crippen LogP contribution in [0.15, 0.2) is 36.4 Å². The molecule has 2 rings (SSSR count). The van der Waals surface area contributed by atoms with Crippen LogP contribution in [-0.2, 0) is 9.47 Å². The Balaban J connectivity index is 2.08. The summed E-state index contributed by atoms with van der Waals surface area (Å²) in [6.07, 6.45) is -0.623. The van der Waals surface area contributed by atoms with Crippen LogP contribution >= 0.6 is 0 Å². The Hall–Kier alpha value is -3.50. The van der Waals surface area contributed by atoms with Crippen molar-refractivity contribution < 1.29 is 19.1 Å². The van der Waals surface area contributed by atoms with Gasteiger partial charge in [-0.1, -0.05) is 0 Å². The minimum atomic E-state index is -0.541. The number of primary amides is 2. The molecule has 0 radical (unpaired) electrons. The first-order valence-electron chi connectivity index (χ1n) is 10.4. The molecule has 10 N–H and O–H groups in total. The standard InChI is InChI=1S/C22H32N6O4/c1-3-31-19(11-27-17-7-5-13(21(25)29)9-15(17)23)20(32-4-2)12-28-18-8-6-14(22(26)30)10-16(18)24/h5-10,19-20,27-28H,3-4,11-12,23-24H2,1-2H3,(H2,25,29)(H2,26,30). The average molecular weight is 445 g/mol. The molecule has 10 nitrogen and oxygen atoms in total. The van der Waals surface area contributed by atoms with Crippen LogP contribution in [0.3, 0.4) is 0 Å². The number of carbonyl (C=O) groups is 2. The Morgan fingerprint density at radius 1 is 0.781 bits per heavy atom. The van der Waals surface area contributed by atoms with Crippen LogP contribution in [0.1, 0.15) is 34.6 Å². The zero-order valence-electron chi connectivity index (χ0n) is 18.4. The molecule has 2 aromatic carbocycles. The number of hydrogen-bond donors (Lipinski definition) is 6. The Morgan fingerprint density at radius 2 is 1.16 bits per heavy atom. The maximum Gasteiger partial charge on any atom is 0.248 e. The monoisotopic (exact) mass is 444 g/mol. The lowest BCUT2D eigenvalue weighted by molar-refractivity contribution is -0.0539. The molecule has 0 spiro atoms. The third kappa shape index (κ3) is 6.76. The van der Waals surface area contributed by atoms with Gasteiger partial charge in [0.2, 0.25) is 11.8 Å². The van der Waals surface area contributed by atoms with Crippen molar-refractivity contribution in [1.82, 2.24) is 0 Å². The van der Waals surface area contributed by atoms with E-state index in [0.29, 0.717) is 60.2 Å². The van der Waals surface area contributed by atoms with E-state index in [1.807, 2.05) is 13.8 Å². The zero-order chi connectivity index (χ0) is 23.7. The van der Waals surface area contributed by atoms with Crippen LogP contribution < -0.4 is 33.6 Å². The average Bonchev–Trinajstić information content (AvgIpc) is 2.75. The fourth-order valence-electron chi connectivity index (χ4n) is 3.20. The quantitative estimate of drug-likeness (QED) is 0.251. The number of nitrogens with two attached hydrogens (primary N) is 4. The normalized spacial score (nSPS) is 12.7. The number of amides is 2. The van der Waals surface area contributed by atoms with Crippen LogP contribution in [0.2, 0.25) is 0 Å². The SMILES string of the molecule is CCOC(CNc1ccc(C(N)=O)cc1N)C(CNc1ccc(C(N)=O)cc1N)OCC. The highest BCUT2D eigenvalue weighted by atomic mass is 16.5. The smallest absolute Gasteiger partial charge is 0.248 e. The molecule has 2 atom stereocenters. The van der Waals surface area contributed by atoms with E-state index < -0.39 is 11.8 Å². The number of ether oxygens (including phenoxy) is 2. The molecule has 174 valence electrons. The Labute approximate surface area is 187 Å². The van der Waals surface area contributed by atoms with Crippen LogP contribution in [-0.4, -0.2) is 50.3 Å². The second kappa shape index (κ2) is 11.8. The van der Waals surface area contributed by atoms with Gasteiger partial charge in [0.05, 0.1) is 22.7 Å². The fourth-order valence-corrected chi connectivity index (χ4v) is 3.20. The molecule has 0 aliphatic heterocycles. The molecule has 2 amide bonds. The summed E-state index contributed by atoms with van der Waals surface area (Å²) in [7, 11) is 0. The van der Waals surface area contributed by atoms with Gasteiger partial charge in [-0.2, -0.15) is 0 Å². The second-order valence-electron chi connectivity index (χ2n) is 7.08. The third-order valence-electron chi connectivity index (χ3n) is 4.84. The maximum atomic E-state index is 11.3. The minimum Gasteiger partial charge on any atom is -0.397 e. The number of rotatable bonds is 13. The van der Waals surface area contributed by atoms with E-state index in [9.17, 15) is 9.59 Å². The van der Waals surface area contributed by atoms with Gasteiger partial charge in [0.15, 0.2) is 0 Å². The first kappa shape index (κ1) is 24.8. The summed E-state index contributed by atoms with van der Waals surface area (Å²) < 4.78 is 11.8. The van der Waals surface area contributed by atoms with Crippen LogP contribution in [0, 0.1) is 0 Å². The zero-order valence-corrected chi connectivity index (χ0v) is 18.4. The van der Waals surface area contributed by atoms with Gasteiger partial charge in [0.1, 0.15) is 12.2 Å². The van der Waals surface area contributed by atoms with E-state index >= 15 is 0 Å². The van der Waals surface area contributed by atoms with Crippen LogP contribution in [0.4, 0.5) is 22.7 Å². The number of anilines is 4. The molecule has 2 unspecified atom stereocenters. The molecule has 0 saturated heterocycles. The molecule has 10 heteroatoms. The van der Waals surface area contributed by atoms with Crippen molar-refractivity contribution in [2.45, 2.75) is 26.1 Å². The first-order chi connectivity index (χ1) is 15.3. The largest absolute Gasteiger partial charge is 0.397 e. The molecule has 0 saturated carbocycles. The number of carbonyl (C=O) groups excluding carboxylic acids is 2. The van der Waals surface area contributed by atoms with Crippen molar-refractivity contribution in [3.05, 3.63) is 47.5 Å². The Morgan fingerprint density at radius 3 is 1.44 bits per heavy atom. The van der Waals surface area contributed by atoms with Gasteiger partial charge < -0.3 is 43.0 Å². The van der Waals surface area contributed by atoms with E-state index in [2.05, 4.69) is 10.6 Å². The lowest BCUT2D eigenvalue weighted by Crippen LogP contribution is -2.42. The Bertz CT molecular complexity index is 861. The summed E-state index contributed by atoms with van der Waals surface area (Å²) in [6, 6.07) is 9.68. The van der Waals surface area contributed by atoms with Crippen LogP contribution in [0.25, 0.3) is 0 Å². The topological polar surface area (TPSA) is 181 Å². The van der Waals surface area contributed by atoms with Crippen molar-refractivity contribution in [3.8, 4) is 0 Å². The number of benzene rings is 2. The van der Waals surface area contributed by atoms with E-state index in [1.165, 1.54) is 12.1 Å². The van der Waals surface area contributed by atoms with Gasteiger partial charge in [0, 0.05) is 37.4 Å². The maximum absolute atomic E-state index is 11.3. The van der Waals surface area contributed by atoms with Gasteiger partial charge in [-0.05, 0) is 50.2 Å². The summed E-state index contributed by atoms with van der Waals surface area (Å²) in [5, 5.41) is 6.49. The lowest BCUT2D eigenvalue weighted by Gasteiger charge is -2.28. The predicted octanol–water partition coefficient (Wildman–Crippen LogP) is 1.38. The van der Waals surface area contributed by atoms with Crippen LogP contribution in [0.5, 0.6) is 0 Å². The summed E-state index contributed by atoms with van der Waals surface area (Å²) in [4.78, 5) is 22.6. The van der Waals surface area contributed by atoms with Crippen molar-refractivity contribution >= 4 is 34.6 Å². The molecular weight excluding hydrogens is 412 g/mol. The molecule has 0 aromatic heterocycles. The first-order valence-corrected chi connectivity index (χ1v) is 10.4. The van der Waals surface area contributed by atoms with E-state index in [0.717, 1.165) is 0 Å². The summed E-state index contributed by atoms with van der Waals surface area (Å²) >= 11 is 0. The van der Waals surface area contributed by atoms with Crippen molar-refractivity contribution in [3.63, 3.8) is 0 Å². The van der Waals surface area contributed by atoms with Crippen molar-refractivity contribution in [2.24, 2.45) is 11.5 Å². The van der Waals surface area contributed by atoms with Crippen molar-refractivity contribution in [1.29, 1.82) is 0 Å². The van der Waals surface area contributed by atoms with Gasteiger partial charge in [-0.15, -0.1) is 0 Å². The number of hydrogen-bond acceptors (Lipinski definition) is 8. The summed E-state index contributed by atoms with van der Waals surface area (Å²) in [6.45, 7) is 5.61. The third-order valence-corrected chi connectivity index (χ3v) is 4.84. The Kier molecular flexibility index (Phi) is 9.11. The summed E-state index contributed by atoms with van der Waals surface area (Å²) in [5.41, 5.74) is 25.5.